The van der Waals surface area contributed by atoms with Crippen LogP contribution < -0.4 is 5.56 Å². The van der Waals surface area contributed by atoms with E-state index in [1.54, 1.807) is 0 Å². The summed E-state index contributed by atoms with van der Waals surface area (Å²) in [5.41, 5.74) is 1.73. The van der Waals surface area contributed by atoms with Gasteiger partial charge < -0.3 is 0 Å². The van der Waals surface area contributed by atoms with Crippen LogP contribution in [0.25, 0.3) is 21.2 Å². The summed E-state index contributed by atoms with van der Waals surface area (Å²) in [5, 5.41) is 8.63. The minimum absolute atomic E-state index is 0.152. The van der Waals surface area contributed by atoms with Gasteiger partial charge in [-0.3, -0.25) is 9.59 Å². The first kappa shape index (κ1) is 16.8. The van der Waals surface area contributed by atoms with Crippen LogP contribution in [-0.4, -0.2) is 16.0 Å². The van der Waals surface area contributed by atoms with Gasteiger partial charge in [-0.25, -0.2) is 9.49 Å². The van der Waals surface area contributed by atoms with Gasteiger partial charge in [0.25, 0.3) is 5.56 Å². The van der Waals surface area contributed by atoms with E-state index in [9.17, 15) is 14.0 Å². The van der Waals surface area contributed by atoms with Crippen molar-refractivity contribution in [3.05, 3.63) is 85.8 Å². The quantitative estimate of drug-likeness (QED) is 0.477. The Bertz CT molecular complexity index is 1180. The minimum atomic E-state index is -0.422. The zero-order chi connectivity index (χ0) is 18.3. The number of carbonyl (C=O) groups excluding carboxylic acids is 1. The summed E-state index contributed by atoms with van der Waals surface area (Å²) >= 11 is 4.68. The lowest BCUT2D eigenvalue weighted by Crippen LogP contribution is -2.14. The Balaban J connectivity index is 1.89. The first-order valence-corrected chi connectivity index (χ1v) is 9.28. The predicted molar refractivity (Wildman–Crippen MR) is 103 cm³/mol. The van der Waals surface area contributed by atoms with Gasteiger partial charge in [0.05, 0.1) is 10.1 Å². The molecule has 0 radical (unpaired) electrons. The predicted octanol–water partition coefficient (Wildman–Crippen LogP) is 4.78. The second-order valence-corrected chi connectivity index (χ2v) is 7.39. The molecule has 2 heterocycles. The second kappa shape index (κ2) is 6.59. The van der Waals surface area contributed by atoms with E-state index in [4.69, 9.17) is 0 Å². The van der Waals surface area contributed by atoms with Crippen LogP contribution in [0.3, 0.4) is 0 Å². The summed E-state index contributed by atoms with van der Waals surface area (Å²) in [4.78, 5) is 25.1. The van der Waals surface area contributed by atoms with Crippen LogP contribution in [0.1, 0.15) is 16.1 Å². The van der Waals surface area contributed by atoms with Crippen molar-refractivity contribution < 1.29 is 9.18 Å². The monoisotopic (exact) mass is 428 g/mol. The number of fused-ring (bicyclic) bond motifs is 1. The molecular weight excluding hydrogens is 419 g/mol. The van der Waals surface area contributed by atoms with E-state index in [0.29, 0.717) is 15.6 Å². The lowest BCUT2D eigenvalue weighted by Gasteiger charge is -2.03. The summed E-state index contributed by atoms with van der Waals surface area (Å²) in [6.45, 7) is 0. The highest BCUT2D eigenvalue weighted by Crippen LogP contribution is 2.34. The third kappa shape index (κ3) is 2.89. The number of nitrogens with zero attached hydrogens (tertiary/aromatic N) is 1. The van der Waals surface area contributed by atoms with E-state index in [1.807, 2.05) is 29.6 Å². The summed E-state index contributed by atoms with van der Waals surface area (Å²) in [6.07, 6.45) is 0. The molecule has 0 atom stereocenters. The van der Waals surface area contributed by atoms with E-state index in [2.05, 4.69) is 26.1 Å². The van der Waals surface area contributed by atoms with Gasteiger partial charge >= 0.3 is 0 Å². The molecule has 0 amide bonds. The minimum Gasteiger partial charge on any atom is -0.287 e. The molecule has 0 bridgehead atoms. The van der Waals surface area contributed by atoms with Crippen molar-refractivity contribution in [2.75, 3.05) is 0 Å². The van der Waals surface area contributed by atoms with Gasteiger partial charge in [0.1, 0.15) is 11.5 Å². The summed E-state index contributed by atoms with van der Waals surface area (Å²) < 4.78 is 14.6. The summed E-state index contributed by atoms with van der Waals surface area (Å²) in [7, 11) is 0. The maximum absolute atomic E-state index is 13.1. The fourth-order valence-corrected chi connectivity index (χ4v) is 4.03. The molecule has 26 heavy (non-hydrogen) atoms. The molecule has 0 aliphatic heterocycles. The van der Waals surface area contributed by atoms with Crippen LogP contribution in [0.4, 0.5) is 4.39 Å². The number of H-pyrrole nitrogens is 1. The third-order valence-corrected chi connectivity index (χ3v) is 5.49. The van der Waals surface area contributed by atoms with Crippen LogP contribution in [0.5, 0.6) is 0 Å². The molecule has 2 aromatic heterocycles. The lowest BCUT2D eigenvalue weighted by molar-refractivity contribution is 0.103. The second-order valence-electron chi connectivity index (χ2n) is 5.60. The highest BCUT2D eigenvalue weighted by Gasteiger charge is 2.20. The SMILES string of the molecule is O=C(c1ccc(F)cc1)c1n[nH]c(=O)c2c(-c3ccc(Br)cc3)csc12. The van der Waals surface area contributed by atoms with Crippen LogP contribution in [0, 0.1) is 5.82 Å². The van der Waals surface area contributed by atoms with Gasteiger partial charge in [0.15, 0.2) is 0 Å². The number of aromatic amines is 1. The average molecular weight is 429 g/mol. The molecule has 0 saturated carbocycles. The number of halogens is 2. The van der Waals surface area contributed by atoms with Gasteiger partial charge in [0.2, 0.25) is 5.78 Å². The first-order chi connectivity index (χ1) is 12.5. The van der Waals surface area contributed by atoms with Crippen LogP contribution in [0.2, 0.25) is 0 Å². The van der Waals surface area contributed by atoms with Gasteiger partial charge in [-0.1, -0.05) is 28.1 Å². The molecule has 0 aliphatic rings. The molecule has 0 spiro atoms. The molecule has 0 aliphatic carbocycles. The smallest absolute Gasteiger partial charge is 0.273 e. The van der Waals surface area contributed by atoms with Crippen molar-refractivity contribution in [3.63, 3.8) is 0 Å². The maximum Gasteiger partial charge on any atom is 0.273 e. The fraction of sp³-hybridized carbons (Fsp3) is 0. The van der Waals surface area contributed by atoms with Gasteiger partial charge in [-0.05, 0) is 42.0 Å². The zero-order valence-electron chi connectivity index (χ0n) is 13.1. The fourth-order valence-electron chi connectivity index (χ4n) is 2.70. The van der Waals surface area contributed by atoms with E-state index < -0.39 is 5.82 Å². The Labute approximate surface area is 159 Å². The Morgan fingerprint density at radius 3 is 2.46 bits per heavy atom. The van der Waals surface area contributed by atoms with E-state index in [-0.39, 0.29) is 17.0 Å². The molecule has 0 unspecified atom stereocenters. The molecule has 0 fully saturated rings. The average Bonchev–Trinajstić information content (AvgIpc) is 3.09. The number of hydrogen-bond donors (Lipinski definition) is 1. The van der Waals surface area contributed by atoms with E-state index in [1.165, 1.54) is 35.6 Å². The van der Waals surface area contributed by atoms with Gasteiger partial charge in [-0.2, -0.15) is 5.10 Å². The Morgan fingerprint density at radius 2 is 1.77 bits per heavy atom. The van der Waals surface area contributed by atoms with E-state index >= 15 is 0 Å². The summed E-state index contributed by atoms with van der Waals surface area (Å²) in [5.74, 6) is -0.787. The third-order valence-electron chi connectivity index (χ3n) is 3.98. The van der Waals surface area contributed by atoms with Gasteiger partial charge in [0, 0.05) is 21.0 Å². The van der Waals surface area contributed by atoms with Gasteiger partial charge in [-0.15, -0.1) is 11.3 Å². The topological polar surface area (TPSA) is 62.8 Å². The number of nitrogens with one attached hydrogen (secondary N) is 1. The highest BCUT2D eigenvalue weighted by molar-refractivity contribution is 9.10. The van der Waals surface area contributed by atoms with Crippen molar-refractivity contribution in [3.8, 4) is 11.1 Å². The number of carbonyl (C=O) groups is 1. The molecule has 128 valence electrons. The maximum atomic E-state index is 13.1. The number of thiophene rings is 1. The number of rotatable bonds is 3. The standard InChI is InChI=1S/C19H10BrFN2O2S/c20-12-5-1-10(2-6-12)14-9-26-18-15(14)19(25)23-22-16(18)17(24)11-3-7-13(21)8-4-11/h1-9H,(H,23,25). The first-order valence-electron chi connectivity index (χ1n) is 7.60. The van der Waals surface area contributed by atoms with Crippen molar-refractivity contribution in [1.29, 1.82) is 0 Å². The molecule has 4 nitrogen and oxygen atoms in total. The molecule has 4 rings (SSSR count). The Kier molecular flexibility index (Phi) is 4.26. The molecule has 1 N–H and O–H groups in total. The largest absolute Gasteiger partial charge is 0.287 e. The molecule has 4 aromatic rings. The number of ketones is 1. The number of benzene rings is 2. The number of hydrogen-bond acceptors (Lipinski definition) is 4. The van der Waals surface area contributed by atoms with Crippen LogP contribution in [-0.2, 0) is 0 Å². The molecular formula is C19H10BrFN2O2S. The Morgan fingerprint density at radius 1 is 1.08 bits per heavy atom. The van der Waals surface area contributed by atoms with Crippen molar-refractivity contribution in [2.24, 2.45) is 0 Å². The molecule has 0 saturated heterocycles. The lowest BCUT2D eigenvalue weighted by atomic mass is 10.0. The van der Waals surface area contributed by atoms with Crippen LogP contribution >= 0.6 is 27.3 Å². The van der Waals surface area contributed by atoms with Crippen molar-refractivity contribution in [1.82, 2.24) is 10.2 Å². The van der Waals surface area contributed by atoms with Crippen molar-refractivity contribution in [2.45, 2.75) is 0 Å². The highest BCUT2D eigenvalue weighted by atomic mass is 79.9. The number of aromatic nitrogens is 2. The van der Waals surface area contributed by atoms with Crippen LogP contribution in [0.15, 0.2) is 63.2 Å². The molecule has 7 heteroatoms. The van der Waals surface area contributed by atoms with E-state index in [0.717, 1.165) is 15.6 Å². The van der Waals surface area contributed by atoms with Crippen molar-refractivity contribution >= 4 is 43.1 Å². The Hall–Kier alpha value is -2.64. The zero-order valence-corrected chi connectivity index (χ0v) is 15.5. The molecule has 2 aromatic carbocycles. The summed E-state index contributed by atoms with van der Waals surface area (Å²) in [6, 6.07) is 12.8. The normalized spacial score (nSPS) is 11.0.